The van der Waals surface area contributed by atoms with Crippen molar-refractivity contribution >= 4 is 23.2 Å². The molecular formula is C8H13Cl2NO. The van der Waals surface area contributed by atoms with E-state index in [0.29, 0.717) is 18.1 Å². The Kier molecular flexibility index (Phi) is 3.84. The fourth-order valence-electron chi connectivity index (χ4n) is 1.21. The molecule has 0 aromatic heterocycles. The summed E-state index contributed by atoms with van der Waals surface area (Å²) in [5, 5.41) is 13.3. The van der Waals surface area contributed by atoms with Crippen molar-refractivity contribution in [3.8, 4) is 0 Å². The van der Waals surface area contributed by atoms with E-state index in [0.717, 1.165) is 19.3 Å². The van der Waals surface area contributed by atoms with Crippen molar-refractivity contribution < 1.29 is 5.11 Å². The molecule has 1 rings (SSSR count). The quantitative estimate of drug-likeness (QED) is 0.741. The summed E-state index contributed by atoms with van der Waals surface area (Å²) in [6.07, 6.45) is 2.90. The molecule has 2 N–H and O–H groups in total. The molecule has 2 nitrogen and oxygen atoms in total. The number of hydrogen-bond donors (Lipinski definition) is 2. The Labute approximate surface area is 82.5 Å². The zero-order valence-electron chi connectivity index (χ0n) is 6.82. The van der Waals surface area contributed by atoms with Gasteiger partial charge in [-0.1, -0.05) is 23.2 Å². The maximum atomic E-state index is 9.64. The maximum Gasteiger partial charge on any atom is 0.0771 e. The summed E-state index contributed by atoms with van der Waals surface area (Å²) in [7, 11) is 0. The second-order valence-electron chi connectivity index (χ2n) is 3.24. The number of nitrogens with one attached hydrogen (secondary N) is 1. The average Bonchev–Trinajstić information content (AvgIpc) is 2.01. The van der Waals surface area contributed by atoms with Crippen LogP contribution in [0.4, 0.5) is 0 Å². The lowest BCUT2D eigenvalue weighted by atomic mass is 9.80. The highest BCUT2D eigenvalue weighted by molar-refractivity contribution is 6.36. The van der Waals surface area contributed by atoms with Crippen LogP contribution in [-0.2, 0) is 0 Å². The summed E-state index contributed by atoms with van der Waals surface area (Å²) < 4.78 is 0. The lowest BCUT2D eigenvalue weighted by Crippen LogP contribution is -2.46. The van der Waals surface area contributed by atoms with Gasteiger partial charge < -0.3 is 10.4 Å². The number of aliphatic hydroxyl groups is 1. The molecule has 0 unspecified atom stereocenters. The Balaban J connectivity index is 2.09. The number of hydrogen-bond acceptors (Lipinski definition) is 2. The summed E-state index contributed by atoms with van der Waals surface area (Å²) in [4.78, 5) is 0. The summed E-state index contributed by atoms with van der Waals surface area (Å²) in [5.74, 6) is 0. The second kappa shape index (κ2) is 4.47. The fourth-order valence-corrected chi connectivity index (χ4v) is 1.39. The van der Waals surface area contributed by atoms with Gasteiger partial charge in [0, 0.05) is 23.7 Å². The molecule has 0 aromatic rings. The standard InChI is InChI=1S/C8H13Cl2NO/c9-4-7(10)5-11-6-8(12)2-1-3-8/h4,11-12H,1-3,5-6H2. The van der Waals surface area contributed by atoms with E-state index in [9.17, 15) is 5.11 Å². The van der Waals surface area contributed by atoms with Gasteiger partial charge in [0.25, 0.3) is 0 Å². The van der Waals surface area contributed by atoms with E-state index in [2.05, 4.69) is 5.32 Å². The predicted molar refractivity (Wildman–Crippen MR) is 51.5 cm³/mol. The molecule has 4 heteroatoms. The zero-order valence-corrected chi connectivity index (χ0v) is 8.33. The summed E-state index contributed by atoms with van der Waals surface area (Å²) in [6, 6.07) is 0. The molecule has 0 bridgehead atoms. The third kappa shape index (κ3) is 2.94. The van der Waals surface area contributed by atoms with Crippen LogP contribution in [-0.4, -0.2) is 23.8 Å². The molecule has 1 aliphatic rings. The minimum atomic E-state index is -0.483. The van der Waals surface area contributed by atoms with Crippen LogP contribution >= 0.6 is 23.2 Å². The zero-order chi connectivity index (χ0) is 9.03. The summed E-state index contributed by atoms with van der Waals surface area (Å²) in [6.45, 7) is 1.14. The molecule has 1 saturated carbocycles. The van der Waals surface area contributed by atoms with Crippen molar-refractivity contribution in [1.29, 1.82) is 0 Å². The second-order valence-corrected chi connectivity index (χ2v) is 3.94. The van der Waals surface area contributed by atoms with Crippen molar-refractivity contribution in [1.82, 2.24) is 5.32 Å². The van der Waals surface area contributed by atoms with Crippen LogP contribution in [0.5, 0.6) is 0 Å². The van der Waals surface area contributed by atoms with Gasteiger partial charge in [-0.2, -0.15) is 0 Å². The minimum Gasteiger partial charge on any atom is -0.389 e. The lowest BCUT2D eigenvalue weighted by molar-refractivity contribution is -0.0305. The maximum absolute atomic E-state index is 9.64. The summed E-state index contributed by atoms with van der Waals surface area (Å²) in [5.41, 5.74) is 0.850. The lowest BCUT2D eigenvalue weighted by Gasteiger charge is -2.36. The molecule has 1 fully saturated rings. The van der Waals surface area contributed by atoms with Crippen LogP contribution in [0.2, 0.25) is 0 Å². The van der Waals surface area contributed by atoms with Crippen LogP contribution in [0, 0.1) is 0 Å². The van der Waals surface area contributed by atoms with Gasteiger partial charge in [0.15, 0.2) is 0 Å². The Morgan fingerprint density at radius 2 is 2.25 bits per heavy atom. The molecule has 0 radical (unpaired) electrons. The third-order valence-electron chi connectivity index (χ3n) is 2.15. The molecule has 0 aromatic carbocycles. The smallest absolute Gasteiger partial charge is 0.0771 e. The van der Waals surface area contributed by atoms with Crippen LogP contribution < -0.4 is 5.32 Å². The average molecular weight is 210 g/mol. The number of halogens is 2. The highest BCUT2D eigenvalue weighted by atomic mass is 35.5. The van der Waals surface area contributed by atoms with E-state index in [1.165, 1.54) is 5.54 Å². The first-order valence-electron chi connectivity index (χ1n) is 4.04. The first-order valence-corrected chi connectivity index (χ1v) is 4.86. The van der Waals surface area contributed by atoms with Gasteiger partial charge in [0.1, 0.15) is 0 Å². The van der Waals surface area contributed by atoms with Gasteiger partial charge >= 0.3 is 0 Å². The molecule has 0 heterocycles. The first kappa shape index (κ1) is 10.3. The largest absolute Gasteiger partial charge is 0.389 e. The molecule has 70 valence electrons. The highest BCUT2D eigenvalue weighted by Crippen LogP contribution is 2.30. The topological polar surface area (TPSA) is 32.3 Å². The van der Waals surface area contributed by atoms with E-state index < -0.39 is 5.60 Å². The van der Waals surface area contributed by atoms with Gasteiger partial charge in [-0.25, -0.2) is 0 Å². The normalized spacial score (nSPS) is 22.1. The summed E-state index contributed by atoms with van der Waals surface area (Å²) >= 11 is 11.0. The van der Waals surface area contributed by atoms with E-state index >= 15 is 0 Å². The third-order valence-corrected chi connectivity index (χ3v) is 2.77. The van der Waals surface area contributed by atoms with Gasteiger partial charge in [-0.3, -0.25) is 0 Å². The molecule has 0 saturated heterocycles. The fraction of sp³-hybridized carbons (Fsp3) is 0.750. The monoisotopic (exact) mass is 209 g/mol. The van der Waals surface area contributed by atoms with Crippen molar-refractivity contribution in [3.63, 3.8) is 0 Å². The van der Waals surface area contributed by atoms with Crippen molar-refractivity contribution in [2.75, 3.05) is 13.1 Å². The SMILES string of the molecule is OC1(CNCC(Cl)=CCl)CCC1. The van der Waals surface area contributed by atoms with Crippen molar-refractivity contribution in [3.05, 3.63) is 10.6 Å². The highest BCUT2D eigenvalue weighted by Gasteiger charge is 2.33. The van der Waals surface area contributed by atoms with E-state index in [1.807, 2.05) is 0 Å². The Bertz CT molecular complexity index is 178. The molecular weight excluding hydrogens is 197 g/mol. The van der Waals surface area contributed by atoms with Gasteiger partial charge in [0.2, 0.25) is 0 Å². The van der Waals surface area contributed by atoms with Crippen LogP contribution in [0.1, 0.15) is 19.3 Å². The molecule has 0 aliphatic heterocycles. The van der Waals surface area contributed by atoms with Crippen molar-refractivity contribution in [2.24, 2.45) is 0 Å². The molecule has 0 amide bonds. The molecule has 0 spiro atoms. The Morgan fingerprint density at radius 3 is 2.67 bits per heavy atom. The molecule has 12 heavy (non-hydrogen) atoms. The van der Waals surface area contributed by atoms with Crippen LogP contribution in [0.3, 0.4) is 0 Å². The first-order chi connectivity index (χ1) is 5.66. The van der Waals surface area contributed by atoms with Gasteiger partial charge in [-0.15, -0.1) is 0 Å². The Hall–Kier alpha value is 0.240. The van der Waals surface area contributed by atoms with Gasteiger partial charge in [-0.05, 0) is 19.3 Å². The molecule has 0 atom stereocenters. The van der Waals surface area contributed by atoms with E-state index in [4.69, 9.17) is 23.2 Å². The van der Waals surface area contributed by atoms with Crippen LogP contribution in [0.25, 0.3) is 0 Å². The molecule has 1 aliphatic carbocycles. The van der Waals surface area contributed by atoms with E-state index in [-0.39, 0.29) is 0 Å². The van der Waals surface area contributed by atoms with Crippen molar-refractivity contribution in [2.45, 2.75) is 24.9 Å². The van der Waals surface area contributed by atoms with Crippen LogP contribution in [0.15, 0.2) is 10.6 Å². The van der Waals surface area contributed by atoms with E-state index in [1.54, 1.807) is 0 Å². The predicted octanol–water partition coefficient (Wildman–Crippen LogP) is 1.81. The number of rotatable bonds is 4. The minimum absolute atomic E-state index is 0.483. The van der Waals surface area contributed by atoms with Gasteiger partial charge in [0.05, 0.1) is 5.60 Å². The Morgan fingerprint density at radius 1 is 1.58 bits per heavy atom.